The van der Waals surface area contributed by atoms with Crippen LogP contribution in [0.15, 0.2) is 112 Å². The maximum absolute atomic E-state index is 14.1. The third-order valence-corrected chi connectivity index (χ3v) is 8.67. The number of methoxy groups -OCH3 is 1. The second kappa shape index (κ2) is 11.6. The number of hydrogen-bond donors (Lipinski definition) is 0. The molecule has 1 atom stereocenters. The molecular weight excluding hydrogens is 569 g/mol. The molecule has 0 amide bonds. The topological polar surface area (TPSA) is 87.7 Å². The Kier molecular flexibility index (Phi) is 7.56. The Morgan fingerprint density at radius 1 is 1.10 bits per heavy atom. The van der Waals surface area contributed by atoms with Crippen LogP contribution in [0, 0.1) is 0 Å². The molecule has 5 aromatic rings. The quantitative estimate of drug-likeness (QED) is 0.189. The van der Waals surface area contributed by atoms with Crippen molar-refractivity contribution in [2.45, 2.75) is 13.0 Å². The molecule has 10 heteroatoms. The van der Waals surface area contributed by atoms with E-state index in [4.69, 9.17) is 14.6 Å². The van der Waals surface area contributed by atoms with Crippen molar-refractivity contribution in [3.63, 3.8) is 0 Å². The first-order chi connectivity index (χ1) is 20.5. The maximum Gasteiger partial charge on any atom is 0.338 e. The number of hydrogen-bond acceptors (Lipinski definition) is 8. The molecule has 210 valence electrons. The maximum atomic E-state index is 14.1. The molecule has 3 aromatic heterocycles. The van der Waals surface area contributed by atoms with Gasteiger partial charge in [0.05, 0.1) is 39.5 Å². The molecule has 0 saturated heterocycles. The number of rotatable bonds is 8. The standard InChI is InChI=1S/C32H26N4O4S2/c1-4-16-40-31(38)27-20(2)33-32-36(29(27)21-12-14-24(39-3)15-13-21)30(37)26(42-32)18-22-19-35(23-9-6-5-7-10-23)34-28(22)25-11-8-17-41-25/h4-15,17-19,29H,1,16H2,2-3H3/b26-18-. The highest BCUT2D eigenvalue weighted by Gasteiger charge is 2.33. The minimum Gasteiger partial charge on any atom is -0.497 e. The predicted octanol–water partition coefficient (Wildman–Crippen LogP) is 4.89. The van der Waals surface area contributed by atoms with Gasteiger partial charge >= 0.3 is 5.97 Å². The minimum atomic E-state index is -0.726. The molecule has 8 nitrogen and oxygen atoms in total. The average molecular weight is 595 g/mol. The highest BCUT2D eigenvalue weighted by atomic mass is 32.1. The third kappa shape index (κ3) is 5.06. The summed E-state index contributed by atoms with van der Waals surface area (Å²) in [6.07, 6.45) is 5.28. The third-order valence-electron chi connectivity index (χ3n) is 6.81. The van der Waals surface area contributed by atoms with Crippen LogP contribution in [0.5, 0.6) is 5.75 Å². The van der Waals surface area contributed by atoms with Gasteiger partial charge in [-0.05, 0) is 54.3 Å². The van der Waals surface area contributed by atoms with Crippen LogP contribution in [-0.4, -0.2) is 34.0 Å². The number of allylic oxidation sites excluding steroid dienone is 1. The summed E-state index contributed by atoms with van der Waals surface area (Å²) in [5.41, 5.74) is 3.76. The largest absolute Gasteiger partial charge is 0.497 e. The predicted molar refractivity (Wildman–Crippen MR) is 165 cm³/mol. The summed E-state index contributed by atoms with van der Waals surface area (Å²) >= 11 is 2.86. The van der Waals surface area contributed by atoms with Gasteiger partial charge in [-0.1, -0.05) is 60.4 Å². The highest BCUT2D eigenvalue weighted by molar-refractivity contribution is 7.13. The number of nitrogens with zero attached hydrogens (tertiary/aromatic N) is 4. The van der Waals surface area contributed by atoms with E-state index in [1.807, 2.05) is 76.9 Å². The number of esters is 1. The molecule has 0 radical (unpaired) electrons. The van der Waals surface area contributed by atoms with Gasteiger partial charge in [-0.25, -0.2) is 14.5 Å². The van der Waals surface area contributed by atoms with Crippen molar-refractivity contribution in [2.75, 3.05) is 13.7 Å². The molecule has 2 aromatic carbocycles. The first-order valence-electron chi connectivity index (χ1n) is 13.1. The molecule has 0 spiro atoms. The molecular formula is C32H26N4O4S2. The number of aromatic nitrogens is 3. The van der Waals surface area contributed by atoms with Gasteiger partial charge in [0.1, 0.15) is 18.1 Å². The number of ether oxygens (including phenoxy) is 2. The lowest BCUT2D eigenvalue weighted by atomic mass is 9.96. The smallest absolute Gasteiger partial charge is 0.338 e. The monoisotopic (exact) mass is 594 g/mol. The van der Waals surface area contributed by atoms with E-state index >= 15 is 0 Å². The Balaban J connectivity index is 1.53. The Bertz CT molecular complexity index is 1980. The minimum absolute atomic E-state index is 0.0479. The van der Waals surface area contributed by atoms with E-state index in [1.165, 1.54) is 17.4 Å². The number of thiophene rings is 1. The molecule has 0 bridgehead atoms. The molecule has 42 heavy (non-hydrogen) atoms. The lowest BCUT2D eigenvalue weighted by Gasteiger charge is -2.24. The summed E-state index contributed by atoms with van der Waals surface area (Å²) in [7, 11) is 1.59. The van der Waals surface area contributed by atoms with Crippen LogP contribution < -0.4 is 19.6 Å². The lowest BCUT2D eigenvalue weighted by molar-refractivity contribution is -0.138. The van der Waals surface area contributed by atoms with Crippen molar-refractivity contribution in [3.05, 3.63) is 133 Å². The highest BCUT2D eigenvalue weighted by Crippen LogP contribution is 2.32. The van der Waals surface area contributed by atoms with Crippen molar-refractivity contribution in [2.24, 2.45) is 4.99 Å². The number of carbonyl (C=O) groups excluding carboxylic acids is 1. The lowest BCUT2D eigenvalue weighted by Crippen LogP contribution is -2.39. The number of carbonyl (C=O) groups is 1. The van der Waals surface area contributed by atoms with Gasteiger partial charge in [0.15, 0.2) is 4.80 Å². The second-order valence-corrected chi connectivity index (χ2v) is 11.4. The number of fused-ring (bicyclic) bond motifs is 1. The van der Waals surface area contributed by atoms with Gasteiger partial charge < -0.3 is 9.47 Å². The van der Waals surface area contributed by atoms with Crippen LogP contribution in [0.4, 0.5) is 0 Å². The van der Waals surface area contributed by atoms with E-state index in [1.54, 1.807) is 42.1 Å². The molecule has 1 aliphatic rings. The Labute approximate surface area is 249 Å². The van der Waals surface area contributed by atoms with E-state index in [2.05, 4.69) is 11.6 Å². The first kappa shape index (κ1) is 27.4. The van der Waals surface area contributed by atoms with Crippen LogP contribution in [-0.2, 0) is 9.53 Å². The summed E-state index contributed by atoms with van der Waals surface area (Å²) in [4.78, 5) is 33.6. The van der Waals surface area contributed by atoms with Crippen LogP contribution in [0.3, 0.4) is 0 Å². The molecule has 0 fully saturated rings. The summed E-state index contributed by atoms with van der Waals surface area (Å²) in [5.74, 6) is 0.120. The normalized spacial score (nSPS) is 14.8. The van der Waals surface area contributed by atoms with Crippen molar-refractivity contribution >= 4 is 34.7 Å². The van der Waals surface area contributed by atoms with Gasteiger partial charge in [0.25, 0.3) is 5.56 Å². The van der Waals surface area contributed by atoms with Gasteiger partial charge in [-0.2, -0.15) is 5.10 Å². The van der Waals surface area contributed by atoms with Gasteiger partial charge in [-0.3, -0.25) is 9.36 Å². The van der Waals surface area contributed by atoms with E-state index in [9.17, 15) is 9.59 Å². The van der Waals surface area contributed by atoms with Crippen LogP contribution >= 0.6 is 22.7 Å². The Morgan fingerprint density at radius 2 is 1.88 bits per heavy atom. The van der Waals surface area contributed by atoms with E-state index in [-0.39, 0.29) is 12.2 Å². The summed E-state index contributed by atoms with van der Waals surface area (Å²) in [5, 5.41) is 6.86. The Morgan fingerprint density at radius 3 is 2.57 bits per heavy atom. The van der Waals surface area contributed by atoms with E-state index in [0.29, 0.717) is 26.4 Å². The zero-order valence-electron chi connectivity index (χ0n) is 22.9. The van der Waals surface area contributed by atoms with Gasteiger partial charge in [0, 0.05) is 11.8 Å². The van der Waals surface area contributed by atoms with Crippen molar-refractivity contribution in [1.82, 2.24) is 14.3 Å². The molecule has 0 aliphatic carbocycles. The summed E-state index contributed by atoms with van der Waals surface area (Å²) in [6.45, 7) is 5.45. The number of para-hydroxylation sites is 1. The van der Waals surface area contributed by atoms with E-state index < -0.39 is 12.0 Å². The number of thiazole rings is 1. The zero-order chi connectivity index (χ0) is 29.2. The molecule has 1 unspecified atom stereocenters. The fraction of sp³-hybridized carbons (Fsp3) is 0.125. The summed E-state index contributed by atoms with van der Waals surface area (Å²) < 4.78 is 14.6. The van der Waals surface area contributed by atoms with Gasteiger partial charge in [0.2, 0.25) is 0 Å². The second-order valence-electron chi connectivity index (χ2n) is 9.43. The SMILES string of the molecule is C=CCOC(=O)C1=C(C)N=c2s/c(=C\c3cn(-c4ccccc4)nc3-c3cccs3)c(=O)n2C1c1ccc(OC)cc1. The van der Waals surface area contributed by atoms with E-state index in [0.717, 1.165) is 27.4 Å². The molecule has 6 rings (SSSR count). The van der Waals surface area contributed by atoms with Crippen molar-refractivity contribution < 1.29 is 14.3 Å². The van der Waals surface area contributed by atoms with Crippen molar-refractivity contribution in [1.29, 1.82) is 0 Å². The fourth-order valence-electron chi connectivity index (χ4n) is 4.85. The zero-order valence-corrected chi connectivity index (χ0v) is 24.5. The first-order valence-corrected chi connectivity index (χ1v) is 14.8. The molecule has 1 aliphatic heterocycles. The van der Waals surface area contributed by atoms with Crippen LogP contribution in [0.1, 0.15) is 24.1 Å². The average Bonchev–Trinajstić information content (AvgIpc) is 3.76. The molecule has 4 heterocycles. The Hall–Kier alpha value is -4.80. The van der Waals surface area contributed by atoms with Crippen molar-refractivity contribution in [3.8, 4) is 22.0 Å². The molecule has 0 saturated carbocycles. The molecule has 0 N–H and O–H groups in total. The summed E-state index contributed by atoms with van der Waals surface area (Å²) in [6, 6.07) is 20.4. The van der Waals surface area contributed by atoms with Crippen LogP contribution in [0.25, 0.3) is 22.3 Å². The van der Waals surface area contributed by atoms with Gasteiger partial charge in [-0.15, -0.1) is 11.3 Å². The fourth-order valence-corrected chi connectivity index (χ4v) is 6.62. The van der Waals surface area contributed by atoms with Crippen LogP contribution in [0.2, 0.25) is 0 Å². The number of benzene rings is 2.